The molecule has 2 unspecified atom stereocenters. The molecule has 9 heteroatoms. The lowest BCUT2D eigenvalue weighted by Gasteiger charge is -2.24. The van der Waals surface area contributed by atoms with Crippen molar-refractivity contribution in [2.45, 2.75) is 193 Å². The number of nitrogens with zero attached hydrogens (tertiary/aromatic N) is 1. The van der Waals surface area contributed by atoms with Gasteiger partial charge >= 0.3 is 13.8 Å². The second-order valence-electron chi connectivity index (χ2n) is 16.4. The van der Waals surface area contributed by atoms with E-state index >= 15 is 0 Å². The van der Waals surface area contributed by atoms with Crippen LogP contribution in [-0.2, 0) is 27.9 Å². The van der Waals surface area contributed by atoms with Gasteiger partial charge in [-0.05, 0) is 51.4 Å². The molecule has 0 aromatic rings. The van der Waals surface area contributed by atoms with Crippen LogP contribution in [0.1, 0.15) is 187 Å². The molecule has 0 heterocycles. The minimum atomic E-state index is -4.27. The van der Waals surface area contributed by atoms with Crippen molar-refractivity contribution >= 4 is 13.8 Å². The normalized spacial score (nSPS) is 14.2. The maximum Gasteiger partial charge on any atom is 0.472 e. The van der Waals surface area contributed by atoms with Crippen molar-refractivity contribution in [1.29, 1.82) is 0 Å². The Morgan fingerprint density at radius 2 is 1.04 bits per heavy atom. The van der Waals surface area contributed by atoms with E-state index in [1.807, 2.05) is 21.1 Å². The number of carbonyl (C=O) groups excluding carboxylic acids is 1. The van der Waals surface area contributed by atoms with Gasteiger partial charge in [0.1, 0.15) is 19.3 Å². The highest BCUT2D eigenvalue weighted by molar-refractivity contribution is 7.47. The summed E-state index contributed by atoms with van der Waals surface area (Å²) < 4.78 is 34.9. The zero-order chi connectivity index (χ0) is 41.3. The predicted molar refractivity (Wildman–Crippen MR) is 238 cm³/mol. The highest BCUT2D eigenvalue weighted by Gasteiger charge is 2.26. The topological polar surface area (TPSA) is 91.3 Å². The highest BCUT2D eigenvalue weighted by Crippen LogP contribution is 2.43. The summed E-state index contributed by atoms with van der Waals surface area (Å²) in [5.74, 6) is -0.317. The molecule has 0 aromatic heterocycles. The minimum absolute atomic E-state index is 0.0883. The molecule has 0 aromatic carbocycles. The Morgan fingerprint density at radius 3 is 1.55 bits per heavy atom. The van der Waals surface area contributed by atoms with Crippen LogP contribution in [-0.4, -0.2) is 75.6 Å². The van der Waals surface area contributed by atoms with Gasteiger partial charge in [-0.15, -0.1) is 0 Å². The molecule has 0 spiro atoms. The molecule has 0 saturated carbocycles. The third-order valence-corrected chi connectivity index (χ3v) is 10.6. The van der Waals surface area contributed by atoms with Crippen LogP contribution in [0.2, 0.25) is 0 Å². The quantitative estimate of drug-likeness (QED) is 0.0216. The minimum Gasteiger partial charge on any atom is -0.457 e. The third-order valence-electron chi connectivity index (χ3n) is 9.65. The molecular weight excluding hydrogens is 721 g/mol. The molecule has 56 heavy (non-hydrogen) atoms. The summed E-state index contributed by atoms with van der Waals surface area (Å²) in [7, 11) is 1.67. The average Bonchev–Trinajstić information content (AvgIpc) is 3.15. The molecule has 1 N–H and O–H groups in total. The molecule has 0 aliphatic carbocycles. The van der Waals surface area contributed by atoms with E-state index in [1.165, 1.54) is 109 Å². The molecule has 0 aliphatic rings. The van der Waals surface area contributed by atoms with Gasteiger partial charge in [0.15, 0.2) is 0 Å². The number of quaternary nitrogens is 1. The number of phosphoric acid groups is 1. The number of rotatable bonds is 42. The molecule has 8 nitrogen and oxygen atoms in total. The summed E-state index contributed by atoms with van der Waals surface area (Å²) in [4.78, 5) is 22.9. The summed E-state index contributed by atoms with van der Waals surface area (Å²) in [6.45, 7) is 5.50. The second kappa shape index (κ2) is 40.2. The standard InChI is InChI=1S/C47H88NO7P/c1-6-8-10-12-14-16-17-18-19-20-21-22-23-24-25-26-27-28-29-30-31-32-34-36-38-40-47(49)55-46(45-54-56(50,51)53-43-41-48(3,4)5)44-52-42-39-37-35-33-15-13-11-9-7-2/h8,10,14,16,18-19,21-22,46H,6-7,9,11-13,15,17,20,23-45H2,1-5H3/p+1/b10-8-,16-14-,19-18-,22-21-. The first-order valence-corrected chi connectivity index (χ1v) is 24.4. The summed E-state index contributed by atoms with van der Waals surface area (Å²) >= 11 is 0. The van der Waals surface area contributed by atoms with Crippen LogP contribution < -0.4 is 0 Å². The largest absolute Gasteiger partial charge is 0.472 e. The number of unbranched alkanes of at least 4 members (excludes halogenated alkanes) is 20. The second-order valence-corrected chi connectivity index (χ2v) is 17.9. The van der Waals surface area contributed by atoms with E-state index in [0.29, 0.717) is 24.1 Å². The zero-order valence-electron chi connectivity index (χ0n) is 37.1. The van der Waals surface area contributed by atoms with Gasteiger partial charge in [0, 0.05) is 13.0 Å². The molecular formula is C47H89NO7P+. The van der Waals surface area contributed by atoms with Crippen LogP contribution in [0.25, 0.3) is 0 Å². The molecule has 0 fully saturated rings. The van der Waals surface area contributed by atoms with Gasteiger partial charge in [-0.3, -0.25) is 13.8 Å². The van der Waals surface area contributed by atoms with Crippen molar-refractivity contribution in [3.8, 4) is 0 Å². The Labute approximate surface area is 346 Å². The van der Waals surface area contributed by atoms with Crippen molar-refractivity contribution in [2.75, 3.05) is 54.1 Å². The Bertz CT molecular complexity index is 1040. The fourth-order valence-electron chi connectivity index (χ4n) is 6.13. The van der Waals surface area contributed by atoms with E-state index in [9.17, 15) is 14.3 Å². The first kappa shape index (κ1) is 54.5. The molecule has 0 amide bonds. The van der Waals surface area contributed by atoms with Crippen molar-refractivity contribution < 1.29 is 37.3 Å². The lowest BCUT2D eigenvalue weighted by atomic mass is 10.0. The summed E-state index contributed by atoms with van der Waals surface area (Å²) in [6, 6.07) is 0. The first-order chi connectivity index (χ1) is 27.1. The maximum atomic E-state index is 12.7. The molecule has 0 radical (unpaired) electrons. The van der Waals surface area contributed by atoms with E-state index in [1.54, 1.807) is 0 Å². The fraction of sp³-hybridized carbons (Fsp3) is 0.809. The zero-order valence-corrected chi connectivity index (χ0v) is 38.0. The van der Waals surface area contributed by atoms with Gasteiger partial charge in [-0.1, -0.05) is 178 Å². The third kappa shape index (κ3) is 43.6. The number of ether oxygens (including phenoxy) is 2. The number of hydrogen-bond acceptors (Lipinski definition) is 6. The van der Waals surface area contributed by atoms with E-state index in [4.69, 9.17) is 18.5 Å². The van der Waals surface area contributed by atoms with Crippen LogP contribution in [0.4, 0.5) is 0 Å². The number of esters is 1. The number of likely N-dealkylation sites (N-methyl/N-ethyl adjacent to an activating group) is 1. The van der Waals surface area contributed by atoms with Gasteiger partial charge < -0.3 is 18.9 Å². The lowest BCUT2D eigenvalue weighted by molar-refractivity contribution is -0.870. The summed E-state index contributed by atoms with van der Waals surface area (Å²) in [5, 5.41) is 0. The van der Waals surface area contributed by atoms with Crippen molar-refractivity contribution in [2.24, 2.45) is 0 Å². The van der Waals surface area contributed by atoms with Crippen LogP contribution >= 0.6 is 7.82 Å². The fourth-order valence-corrected chi connectivity index (χ4v) is 6.87. The molecule has 0 bridgehead atoms. The van der Waals surface area contributed by atoms with Crippen molar-refractivity contribution in [3.63, 3.8) is 0 Å². The Balaban J connectivity index is 4.05. The Kier molecular flexibility index (Phi) is 39.1. The van der Waals surface area contributed by atoms with Gasteiger partial charge in [0.25, 0.3) is 0 Å². The Hall–Kier alpha value is -1.54. The van der Waals surface area contributed by atoms with Crippen molar-refractivity contribution in [3.05, 3.63) is 48.6 Å². The number of hydrogen-bond donors (Lipinski definition) is 1. The lowest BCUT2D eigenvalue weighted by Crippen LogP contribution is -2.37. The van der Waals surface area contributed by atoms with Crippen LogP contribution in [0.15, 0.2) is 48.6 Å². The van der Waals surface area contributed by atoms with Gasteiger partial charge in [0.2, 0.25) is 0 Å². The molecule has 0 rings (SSSR count). The van der Waals surface area contributed by atoms with Crippen molar-refractivity contribution in [1.82, 2.24) is 0 Å². The van der Waals surface area contributed by atoms with E-state index in [-0.39, 0.29) is 25.8 Å². The van der Waals surface area contributed by atoms with Gasteiger partial charge in [-0.2, -0.15) is 0 Å². The predicted octanol–water partition coefficient (Wildman–Crippen LogP) is 13.6. The highest BCUT2D eigenvalue weighted by atomic mass is 31.2. The smallest absolute Gasteiger partial charge is 0.457 e. The van der Waals surface area contributed by atoms with E-state index in [2.05, 4.69) is 62.5 Å². The summed E-state index contributed by atoms with van der Waals surface area (Å²) in [6.07, 6.45) is 48.7. The average molecular weight is 811 g/mol. The van der Waals surface area contributed by atoms with Gasteiger partial charge in [0.05, 0.1) is 34.4 Å². The maximum absolute atomic E-state index is 12.7. The molecule has 2 atom stereocenters. The van der Waals surface area contributed by atoms with Crippen LogP contribution in [0.5, 0.6) is 0 Å². The number of phosphoric ester groups is 1. The monoisotopic (exact) mass is 811 g/mol. The van der Waals surface area contributed by atoms with Gasteiger partial charge in [-0.25, -0.2) is 4.57 Å². The molecule has 0 aliphatic heterocycles. The summed E-state index contributed by atoms with van der Waals surface area (Å²) in [5.41, 5.74) is 0. The Morgan fingerprint density at radius 1 is 0.571 bits per heavy atom. The number of allylic oxidation sites excluding steroid dienone is 8. The van der Waals surface area contributed by atoms with E-state index in [0.717, 1.165) is 57.8 Å². The molecule has 328 valence electrons. The molecule has 0 saturated heterocycles. The number of carbonyl (C=O) groups is 1. The van der Waals surface area contributed by atoms with Crippen LogP contribution in [0.3, 0.4) is 0 Å². The first-order valence-electron chi connectivity index (χ1n) is 22.9. The SMILES string of the molecule is CC/C=C\C/C=C\C/C=C\C/C=C\CCCCCCCCCCCCCCC(=O)OC(COCCCCCCCCCCC)COP(=O)(O)OCC[N+](C)(C)C. The van der Waals surface area contributed by atoms with E-state index < -0.39 is 13.9 Å². The van der Waals surface area contributed by atoms with Crippen LogP contribution in [0, 0.1) is 0 Å².